The molecule has 0 saturated carbocycles. The van der Waals surface area contributed by atoms with Gasteiger partial charge in [-0.15, -0.1) is 11.3 Å². The molecule has 1 unspecified atom stereocenters. The summed E-state index contributed by atoms with van der Waals surface area (Å²) in [5, 5.41) is 4.88. The quantitative estimate of drug-likeness (QED) is 0.881. The fraction of sp³-hybridized carbons (Fsp3) is 0.294. The summed E-state index contributed by atoms with van der Waals surface area (Å²) in [6.45, 7) is 3.35. The van der Waals surface area contributed by atoms with Gasteiger partial charge in [0.15, 0.2) is 6.54 Å². The predicted molar refractivity (Wildman–Crippen MR) is 91.9 cm³/mol. The zero-order valence-electron chi connectivity index (χ0n) is 13.3. The van der Waals surface area contributed by atoms with Gasteiger partial charge in [0, 0.05) is 0 Å². The van der Waals surface area contributed by atoms with E-state index in [-0.39, 0.29) is 18.4 Å². The highest BCUT2D eigenvalue weighted by Gasteiger charge is 2.28. The van der Waals surface area contributed by atoms with Crippen LogP contribution in [0.3, 0.4) is 0 Å². The Morgan fingerprint density at radius 3 is 2.87 bits per heavy atom. The largest absolute Gasteiger partial charge is 0.325 e. The third kappa shape index (κ3) is 3.43. The van der Waals surface area contributed by atoms with Crippen molar-refractivity contribution in [3.63, 3.8) is 0 Å². The third-order valence-corrected chi connectivity index (χ3v) is 4.98. The Kier molecular flexibility index (Phi) is 4.45. The Morgan fingerprint density at radius 1 is 1.35 bits per heavy atom. The summed E-state index contributed by atoms with van der Waals surface area (Å²) in [6, 6.07) is 9.51. The van der Waals surface area contributed by atoms with Gasteiger partial charge in [-0.3, -0.25) is 14.5 Å². The van der Waals surface area contributed by atoms with Crippen LogP contribution in [-0.4, -0.2) is 32.0 Å². The van der Waals surface area contributed by atoms with Crippen LogP contribution in [0.25, 0.3) is 0 Å². The molecule has 1 aromatic carbocycles. The molecule has 0 spiro atoms. The first-order valence-electron chi connectivity index (χ1n) is 7.58. The normalized spacial score (nSPS) is 15.0. The molecule has 2 N–H and O–H groups in total. The molecule has 1 atom stereocenters. The van der Waals surface area contributed by atoms with Crippen LogP contribution >= 0.6 is 11.3 Å². The van der Waals surface area contributed by atoms with Crippen molar-refractivity contribution in [1.29, 1.82) is 0 Å². The van der Waals surface area contributed by atoms with E-state index < -0.39 is 0 Å². The number of amides is 2. The number of benzene rings is 1. The zero-order valence-corrected chi connectivity index (χ0v) is 14.1. The number of nitrogens with one attached hydrogen (secondary N) is 2. The van der Waals surface area contributed by atoms with Crippen LogP contribution in [0, 0.1) is 6.92 Å². The van der Waals surface area contributed by atoms with E-state index in [9.17, 15) is 9.59 Å². The van der Waals surface area contributed by atoms with Crippen molar-refractivity contribution in [3.8, 4) is 0 Å². The number of para-hydroxylation sites is 2. The van der Waals surface area contributed by atoms with Gasteiger partial charge in [0.2, 0.25) is 5.91 Å². The number of hydrogen-bond donors (Lipinski definition) is 2. The molecule has 23 heavy (non-hydrogen) atoms. The van der Waals surface area contributed by atoms with E-state index in [4.69, 9.17) is 0 Å². The topological polar surface area (TPSA) is 53.9 Å². The molecule has 3 rings (SSSR count). The first kappa shape index (κ1) is 15.7. The molecular weight excluding hydrogens is 310 g/mol. The van der Waals surface area contributed by atoms with Crippen molar-refractivity contribution in [2.75, 3.05) is 30.4 Å². The number of quaternary nitrogens is 1. The Hall–Kier alpha value is -2.18. The number of anilines is 2. The van der Waals surface area contributed by atoms with Gasteiger partial charge in [0.25, 0.3) is 5.91 Å². The summed E-state index contributed by atoms with van der Waals surface area (Å²) in [5.74, 6) is -0.178. The molecular formula is C17H20N3O2S+. The monoisotopic (exact) mass is 330 g/mol. The Balaban J connectivity index is 1.71. The number of aryl methyl sites for hydroxylation is 1. The molecule has 1 aliphatic heterocycles. The summed E-state index contributed by atoms with van der Waals surface area (Å²) in [5.41, 5.74) is 2.74. The van der Waals surface area contributed by atoms with Crippen molar-refractivity contribution in [1.82, 2.24) is 0 Å². The van der Waals surface area contributed by atoms with Crippen LogP contribution in [-0.2, 0) is 16.1 Å². The van der Waals surface area contributed by atoms with Gasteiger partial charge in [-0.1, -0.05) is 12.1 Å². The number of rotatable bonds is 4. The van der Waals surface area contributed by atoms with Crippen LogP contribution in [0.2, 0.25) is 0 Å². The zero-order chi connectivity index (χ0) is 16.4. The van der Waals surface area contributed by atoms with Crippen molar-refractivity contribution >= 4 is 34.5 Å². The lowest BCUT2D eigenvalue weighted by Gasteiger charge is -2.29. The molecule has 1 aromatic heterocycles. The van der Waals surface area contributed by atoms with Crippen molar-refractivity contribution in [2.24, 2.45) is 0 Å². The van der Waals surface area contributed by atoms with Crippen molar-refractivity contribution in [3.05, 3.63) is 46.2 Å². The Labute approximate surface area is 139 Å². The fourth-order valence-corrected chi connectivity index (χ4v) is 3.75. The van der Waals surface area contributed by atoms with Gasteiger partial charge in [0.05, 0.1) is 23.3 Å². The number of thiophene rings is 1. The minimum atomic E-state index is -0.149. The van der Waals surface area contributed by atoms with E-state index in [1.807, 2.05) is 31.3 Å². The van der Waals surface area contributed by atoms with Crippen LogP contribution in [0.5, 0.6) is 0 Å². The van der Waals surface area contributed by atoms with Crippen molar-refractivity contribution in [2.45, 2.75) is 13.5 Å². The SMILES string of the molecule is Cc1ccsc1C[NH+](C)CC(=O)N1CC(=O)Nc2ccccc21. The van der Waals surface area contributed by atoms with Crippen LogP contribution in [0.1, 0.15) is 10.4 Å². The second-order valence-corrected chi connectivity index (χ2v) is 6.88. The van der Waals surface area contributed by atoms with E-state index in [0.717, 1.165) is 17.1 Å². The van der Waals surface area contributed by atoms with Gasteiger partial charge in [-0.25, -0.2) is 0 Å². The number of likely N-dealkylation sites (N-methyl/N-ethyl adjacent to an activating group) is 1. The van der Waals surface area contributed by atoms with Crippen LogP contribution in [0.4, 0.5) is 11.4 Å². The Bertz CT molecular complexity index is 741. The molecule has 2 amide bonds. The molecule has 0 saturated heterocycles. The molecule has 0 bridgehead atoms. The maximum Gasteiger partial charge on any atom is 0.282 e. The average molecular weight is 330 g/mol. The number of carbonyl (C=O) groups excluding carboxylic acids is 2. The molecule has 120 valence electrons. The number of carbonyl (C=O) groups is 2. The van der Waals surface area contributed by atoms with Crippen LogP contribution in [0.15, 0.2) is 35.7 Å². The van der Waals surface area contributed by atoms with Gasteiger partial charge in [-0.05, 0) is 36.1 Å². The molecule has 2 aromatic rings. The molecule has 0 radical (unpaired) electrons. The van der Waals surface area contributed by atoms with Gasteiger partial charge in [0.1, 0.15) is 13.1 Å². The third-order valence-electron chi connectivity index (χ3n) is 3.96. The summed E-state index contributed by atoms with van der Waals surface area (Å²) in [6.07, 6.45) is 0. The lowest BCUT2D eigenvalue weighted by molar-refractivity contribution is -0.885. The maximum atomic E-state index is 12.7. The van der Waals surface area contributed by atoms with E-state index in [2.05, 4.69) is 23.7 Å². The second kappa shape index (κ2) is 6.52. The summed E-state index contributed by atoms with van der Waals surface area (Å²) >= 11 is 1.72. The Morgan fingerprint density at radius 2 is 2.13 bits per heavy atom. The number of hydrogen-bond acceptors (Lipinski definition) is 3. The number of fused-ring (bicyclic) bond motifs is 1. The van der Waals surface area contributed by atoms with E-state index in [1.165, 1.54) is 10.4 Å². The number of nitrogens with zero attached hydrogens (tertiary/aromatic N) is 1. The van der Waals surface area contributed by atoms with E-state index >= 15 is 0 Å². The lowest BCUT2D eigenvalue weighted by Crippen LogP contribution is -3.09. The minimum Gasteiger partial charge on any atom is -0.325 e. The van der Waals surface area contributed by atoms with Crippen molar-refractivity contribution < 1.29 is 14.5 Å². The lowest BCUT2D eigenvalue weighted by atomic mass is 10.2. The maximum absolute atomic E-state index is 12.7. The molecule has 0 aliphatic carbocycles. The summed E-state index contributed by atoms with van der Waals surface area (Å²) in [7, 11) is 2.01. The highest BCUT2D eigenvalue weighted by atomic mass is 32.1. The molecule has 5 nitrogen and oxygen atoms in total. The molecule has 2 heterocycles. The first-order valence-corrected chi connectivity index (χ1v) is 8.46. The van der Waals surface area contributed by atoms with Crippen LogP contribution < -0.4 is 15.1 Å². The van der Waals surface area contributed by atoms with E-state index in [1.54, 1.807) is 16.2 Å². The first-order chi connectivity index (χ1) is 11.0. The molecule has 1 aliphatic rings. The molecule has 0 fully saturated rings. The fourth-order valence-electron chi connectivity index (χ4n) is 2.73. The van der Waals surface area contributed by atoms with Gasteiger partial charge < -0.3 is 10.2 Å². The second-order valence-electron chi connectivity index (χ2n) is 5.88. The molecule has 6 heteroatoms. The average Bonchev–Trinajstić information content (AvgIpc) is 2.91. The highest BCUT2D eigenvalue weighted by molar-refractivity contribution is 7.10. The van der Waals surface area contributed by atoms with E-state index in [0.29, 0.717) is 12.2 Å². The van der Waals surface area contributed by atoms with Gasteiger partial charge in [-0.2, -0.15) is 0 Å². The van der Waals surface area contributed by atoms with Gasteiger partial charge >= 0.3 is 0 Å². The predicted octanol–water partition coefficient (Wildman–Crippen LogP) is 1.06. The highest BCUT2D eigenvalue weighted by Crippen LogP contribution is 2.28. The summed E-state index contributed by atoms with van der Waals surface area (Å²) < 4.78 is 0. The minimum absolute atomic E-state index is 0.0287. The smallest absolute Gasteiger partial charge is 0.282 e. The summed E-state index contributed by atoms with van der Waals surface area (Å²) in [4.78, 5) is 28.5. The standard InChI is InChI=1S/C17H19N3O2S/c1-12-7-8-23-15(12)9-19(2)11-17(22)20-10-16(21)18-13-5-3-4-6-14(13)20/h3-8H,9-11H2,1-2H3,(H,18,21)/p+1.